The fraction of sp³-hybridized carbons (Fsp3) is 0.167. The van der Waals surface area contributed by atoms with Gasteiger partial charge in [-0.3, -0.25) is 14.5 Å². The standard InChI is InChI=1S/C18H14F5N5O/c19-13-7-12(8-14(20)9-13)17(24,18(21,22)23)16(29)26-15-3-6-28(27-15)10-11-1-4-25-5-2-11/h1-9H,10,24H2,(H,26,27,29)/t17-/m0/s1. The summed E-state index contributed by atoms with van der Waals surface area (Å²) in [5.74, 6) is -4.54. The van der Waals surface area contributed by atoms with E-state index in [0.29, 0.717) is 18.2 Å². The summed E-state index contributed by atoms with van der Waals surface area (Å²) in [5, 5.41) is 5.92. The maximum atomic E-state index is 13.6. The second-order valence-electron chi connectivity index (χ2n) is 6.17. The number of nitrogens with one attached hydrogen (secondary N) is 1. The average molecular weight is 411 g/mol. The van der Waals surface area contributed by atoms with E-state index in [-0.39, 0.29) is 12.4 Å². The number of benzene rings is 1. The number of nitrogens with zero attached hydrogens (tertiary/aromatic N) is 3. The minimum Gasteiger partial charge on any atom is -0.307 e. The molecular weight excluding hydrogens is 397 g/mol. The van der Waals surface area contributed by atoms with Gasteiger partial charge in [-0.05, 0) is 35.4 Å². The number of amides is 1. The molecule has 0 saturated heterocycles. The fourth-order valence-corrected chi connectivity index (χ4v) is 2.61. The zero-order valence-electron chi connectivity index (χ0n) is 14.6. The summed E-state index contributed by atoms with van der Waals surface area (Å²) < 4.78 is 69.1. The van der Waals surface area contributed by atoms with Crippen molar-refractivity contribution >= 4 is 11.7 Å². The Bertz CT molecular complexity index is 1000. The Morgan fingerprint density at radius 2 is 1.69 bits per heavy atom. The Labute approximate surface area is 161 Å². The molecule has 152 valence electrons. The van der Waals surface area contributed by atoms with Gasteiger partial charge in [-0.2, -0.15) is 18.3 Å². The first-order valence-electron chi connectivity index (χ1n) is 8.15. The van der Waals surface area contributed by atoms with Crippen molar-refractivity contribution in [3.8, 4) is 0 Å². The zero-order chi connectivity index (χ0) is 21.2. The van der Waals surface area contributed by atoms with Crippen molar-refractivity contribution in [2.45, 2.75) is 18.3 Å². The molecule has 0 aliphatic carbocycles. The van der Waals surface area contributed by atoms with Crippen molar-refractivity contribution in [2.75, 3.05) is 5.32 Å². The SMILES string of the molecule is N[C@](C(=O)Nc1ccn(Cc2ccncc2)n1)(c1cc(F)cc(F)c1)C(F)(F)F. The first-order chi connectivity index (χ1) is 13.6. The number of alkyl halides is 3. The number of carbonyl (C=O) groups is 1. The van der Waals surface area contributed by atoms with E-state index < -0.39 is 34.8 Å². The normalized spacial score (nSPS) is 13.7. The van der Waals surface area contributed by atoms with E-state index in [2.05, 4.69) is 10.1 Å². The molecule has 1 aromatic carbocycles. The first-order valence-corrected chi connectivity index (χ1v) is 8.15. The second kappa shape index (κ2) is 7.59. The monoisotopic (exact) mass is 411 g/mol. The van der Waals surface area contributed by atoms with Crippen molar-refractivity contribution in [1.82, 2.24) is 14.8 Å². The summed E-state index contributed by atoms with van der Waals surface area (Å²) in [6.07, 6.45) is -0.780. The summed E-state index contributed by atoms with van der Waals surface area (Å²) in [4.78, 5) is 16.3. The molecule has 6 nitrogen and oxygen atoms in total. The molecule has 2 heterocycles. The van der Waals surface area contributed by atoms with E-state index >= 15 is 0 Å². The molecule has 0 aliphatic heterocycles. The van der Waals surface area contributed by atoms with Crippen LogP contribution in [0, 0.1) is 11.6 Å². The molecule has 3 aromatic rings. The number of rotatable bonds is 5. The van der Waals surface area contributed by atoms with Crippen LogP contribution in [0.15, 0.2) is 55.0 Å². The molecule has 2 aromatic heterocycles. The van der Waals surface area contributed by atoms with Crippen LogP contribution in [0.1, 0.15) is 11.1 Å². The van der Waals surface area contributed by atoms with E-state index in [4.69, 9.17) is 5.73 Å². The third-order valence-corrected chi connectivity index (χ3v) is 4.10. The van der Waals surface area contributed by atoms with Crippen LogP contribution in [0.2, 0.25) is 0 Å². The highest BCUT2D eigenvalue weighted by molar-refractivity contribution is 5.98. The summed E-state index contributed by atoms with van der Waals surface area (Å²) in [6.45, 7) is 0.278. The lowest BCUT2D eigenvalue weighted by Crippen LogP contribution is -2.59. The van der Waals surface area contributed by atoms with Crippen LogP contribution in [0.4, 0.5) is 27.8 Å². The molecule has 11 heteroatoms. The number of carbonyl (C=O) groups excluding carboxylic acids is 1. The molecule has 0 unspecified atom stereocenters. The van der Waals surface area contributed by atoms with E-state index in [1.54, 1.807) is 24.5 Å². The lowest BCUT2D eigenvalue weighted by Gasteiger charge is -2.30. The van der Waals surface area contributed by atoms with Crippen LogP contribution in [0.25, 0.3) is 0 Å². The lowest BCUT2D eigenvalue weighted by molar-refractivity contribution is -0.191. The lowest BCUT2D eigenvalue weighted by atomic mass is 9.89. The van der Waals surface area contributed by atoms with E-state index in [9.17, 15) is 26.7 Å². The minimum absolute atomic E-state index is 0.208. The van der Waals surface area contributed by atoms with Gasteiger partial charge >= 0.3 is 6.18 Å². The maximum absolute atomic E-state index is 13.6. The quantitative estimate of drug-likeness (QED) is 0.633. The van der Waals surface area contributed by atoms with E-state index in [0.717, 1.165) is 5.56 Å². The van der Waals surface area contributed by atoms with Crippen molar-refractivity contribution < 1.29 is 26.7 Å². The summed E-state index contributed by atoms with van der Waals surface area (Å²) >= 11 is 0. The fourth-order valence-electron chi connectivity index (χ4n) is 2.61. The molecule has 0 saturated carbocycles. The van der Waals surface area contributed by atoms with E-state index in [1.165, 1.54) is 16.9 Å². The number of hydrogen-bond acceptors (Lipinski definition) is 4. The molecule has 3 rings (SSSR count). The summed E-state index contributed by atoms with van der Waals surface area (Å²) in [6, 6.07) is 5.79. The highest BCUT2D eigenvalue weighted by Gasteiger charge is 2.59. The number of anilines is 1. The molecule has 1 atom stereocenters. The number of hydrogen-bond donors (Lipinski definition) is 2. The molecule has 0 bridgehead atoms. The Hall–Kier alpha value is -3.34. The van der Waals surface area contributed by atoms with Gasteiger partial charge in [0.05, 0.1) is 6.54 Å². The van der Waals surface area contributed by atoms with Crippen LogP contribution in [-0.4, -0.2) is 26.8 Å². The number of pyridine rings is 1. The van der Waals surface area contributed by atoms with Crippen molar-refractivity contribution in [3.05, 3.63) is 77.8 Å². The molecule has 29 heavy (non-hydrogen) atoms. The average Bonchev–Trinajstić information content (AvgIpc) is 3.06. The van der Waals surface area contributed by atoms with Gasteiger partial charge < -0.3 is 11.1 Å². The second-order valence-corrected chi connectivity index (χ2v) is 6.17. The molecule has 0 radical (unpaired) electrons. The summed E-state index contributed by atoms with van der Waals surface area (Å²) in [7, 11) is 0. The third-order valence-electron chi connectivity index (χ3n) is 4.10. The van der Waals surface area contributed by atoms with Gasteiger partial charge in [-0.15, -0.1) is 0 Å². The molecule has 0 spiro atoms. The van der Waals surface area contributed by atoms with Gasteiger partial charge in [-0.25, -0.2) is 8.78 Å². The smallest absolute Gasteiger partial charge is 0.307 e. The van der Waals surface area contributed by atoms with Gasteiger partial charge in [-0.1, -0.05) is 0 Å². The van der Waals surface area contributed by atoms with E-state index in [1.807, 2.05) is 5.32 Å². The Morgan fingerprint density at radius 3 is 2.28 bits per heavy atom. The first kappa shape index (κ1) is 20.4. The Kier molecular flexibility index (Phi) is 5.33. The van der Waals surface area contributed by atoms with Crippen LogP contribution in [-0.2, 0) is 16.9 Å². The molecule has 0 aliphatic rings. The topological polar surface area (TPSA) is 85.8 Å². The molecular formula is C18H14F5N5O. The number of halogens is 5. The van der Waals surface area contributed by atoms with Crippen molar-refractivity contribution in [1.29, 1.82) is 0 Å². The molecule has 3 N–H and O–H groups in total. The van der Waals surface area contributed by atoms with Gasteiger partial charge in [0.15, 0.2) is 5.82 Å². The predicted octanol–water partition coefficient (Wildman–Crippen LogP) is 2.96. The number of nitrogens with two attached hydrogens (primary N) is 1. The van der Waals surface area contributed by atoms with Crippen molar-refractivity contribution in [3.63, 3.8) is 0 Å². The number of aromatic nitrogens is 3. The Morgan fingerprint density at radius 1 is 1.07 bits per heavy atom. The highest BCUT2D eigenvalue weighted by Crippen LogP contribution is 2.38. The van der Waals surface area contributed by atoms with Crippen LogP contribution >= 0.6 is 0 Å². The van der Waals surface area contributed by atoms with Gasteiger partial charge in [0.2, 0.25) is 5.54 Å². The Balaban J connectivity index is 1.86. The van der Waals surface area contributed by atoms with Crippen LogP contribution in [0.3, 0.4) is 0 Å². The third kappa shape index (κ3) is 4.24. The minimum atomic E-state index is -5.34. The zero-order valence-corrected chi connectivity index (χ0v) is 14.6. The van der Waals surface area contributed by atoms with Crippen molar-refractivity contribution in [2.24, 2.45) is 5.73 Å². The van der Waals surface area contributed by atoms with Crippen LogP contribution in [0.5, 0.6) is 0 Å². The van der Waals surface area contributed by atoms with Gasteiger partial charge in [0.25, 0.3) is 5.91 Å². The predicted molar refractivity (Wildman–Crippen MR) is 92.5 cm³/mol. The van der Waals surface area contributed by atoms with Gasteiger partial charge in [0.1, 0.15) is 11.6 Å². The summed E-state index contributed by atoms with van der Waals surface area (Å²) in [5.41, 5.74) is 1.40. The largest absolute Gasteiger partial charge is 0.419 e. The van der Waals surface area contributed by atoms with Gasteiger partial charge in [0, 0.05) is 30.7 Å². The highest BCUT2D eigenvalue weighted by atomic mass is 19.4. The molecule has 1 amide bonds. The maximum Gasteiger partial charge on any atom is 0.419 e. The molecule has 0 fully saturated rings. The van der Waals surface area contributed by atoms with Crippen LogP contribution < -0.4 is 11.1 Å².